The molecule has 3 aromatic rings. The first kappa shape index (κ1) is 18.5. The van der Waals surface area contributed by atoms with Crippen LogP contribution in [0.15, 0.2) is 78.9 Å². The number of hydrogen-bond donors (Lipinski definition) is 0. The molecular weight excluding hydrogens is 339 g/mol. The zero-order valence-corrected chi connectivity index (χ0v) is 16.5. The molecule has 0 N–H and O–H groups in total. The minimum Gasteiger partial charge on any atom is -0.453 e. The number of rotatable bonds is 6. The summed E-state index contributed by atoms with van der Waals surface area (Å²) in [6.07, 6.45) is 1.10. The van der Waals surface area contributed by atoms with Gasteiger partial charge in [0.2, 0.25) is 0 Å². The predicted octanol–water partition coefficient (Wildman–Crippen LogP) is 6.62. The predicted molar refractivity (Wildman–Crippen MR) is 112 cm³/mol. The van der Waals surface area contributed by atoms with E-state index >= 15 is 0 Å². The Labute approximate surface area is 158 Å². The third-order valence-corrected chi connectivity index (χ3v) is 5.73. The lowest BCUT2D eigenvalue weighted by atomic mass is 10.0. The van der Waals surface area contributed by atoms with E-state index in [1.807, 2.05) is 72.8 Å². The fourth-order valence-electron chi connectivity index (χ4n) is 2.42. The second kappa shape index (κ2) is 8.38. The molecule has 26 heavy (non-hydrogen) atoms. The van der Waals surface area contributed by atoms with Crippen LogP contribution in [-0.2, 0) is 0 Å². The second-order valence-corrected chi connectivity index (χ2v) is 8.62. The van der Waals surface area contributed by atoms with E-state index in [1.54, 1.807) is 0 Å². The summed E-state index contributed by atoms with van der Waals surface area (Å²) in [6.45, 7) is 6.80. The van der Waals surface area contributed by atoms with Gasteiger partial charge in [-0.05, 0) is 41.9 Å². The molecule has 0 aliphatic heterocycles. The first-order chi connectivity index (χ1) is 12.5. The second-order valence-electron chi connectivity index (χ2n) is 7.38. The van der Waals surface area contributed by atoms with Crippen LogP contribution in [0, 0.1) is 5.41 Å². The van der Waals surface area contributed by atoms with Crippen molar-refractivity contribution in [3.05, 3.63) is 78.9 Å². The van der Waals surface area contributed by atoms with E-state index in [0.717, 1.165) is 29.2 Å². The first-order valence-corrected chi connectivity index (χ1v) is 10.0. The van der Waals surface area contributed by atoms with Gasteiger partial charge in [0.15, 0.2) is 11.5 Å². The molecule has 3 rings (SSSR count). The maximum Gasteiger partial charge on any atom is 0.177 e. The number of hydrogen-bond acceptors (Lipinski definition) is 2. The van der Waals surface area contributed by atoms with Gasteiger partial charge in [-0.2, -0.15) is 0 Å². The Morgan fingerprint density at radius 3 is 1.85 bits per heavy atom. The van der Waals surface area contributed by atoms with Crippen molar-refractivity contribution in [2.75, 3.05) is 6.16 Å². The fraction of sp³-hybridized carbons (Fsp3) is 0.217. The lowest BCUT2D eigenvalue weighted by molar-refractivity contribution is 0.421. The maximum absolute atomic E-state index is 6.26. The van der Waals surface area contributed by atoms with E-state index in [-0.39, 0.29) is 5.41 Å². The van der Waals surface area contributed by atoms with E-state index in [0.29, 0.717) is 8.58 Å². The van der Waals surface area contributed by atoms with Crippen molar-refractivity contribution in [3.8, 4) is 23.0 Å². The van der Waals surface area contributed by atoms with Crippen molar-refractivity contribution in [2.24, 2.45) is 5.41 Å². The molecule has 134 valence electrons. The average molecular weight is 364 g/mol. The molecule has 0 aromatic heterocycles. The monoisotopic (exact) mass is 364 g/mol. The van der Waals surface area contributed by atoms with Gasteiger partial charge in [0.1, 0.15) is 11.5 Å². The molecule has 0 aliphatic carbocycles. The van der Waals surface area contributed by atoms with Gasteiger partial charge in [0.05, 0.1) is 0 Å². The summed E-state index contributed by atoms with van der Waals surface area (Å²) in [5, 5.41) is 1.19. The Kier molecular flexibility index (Phi) is 5.96. The van der Waals surface area contributed by atoms with Crippen LogP contribution in [0.5, 0.6) is 23.0 Å². The number of para-hydroxylation sites is 3. The van der Waals surface area contributed by atoms with Crippen LogP contribution in [0.2, 0.25) is 0 Å². The number of ether oxygens (including phenoxy) is 2. The summed E-state index contributed by atoms with van der Waals surface area (Å²) in [7, 11) is 0.659. The van der Waals surface area contributed by atoms with Gasteiger partial charge < -0.3 is 9.47 Å². The van der Waals surface area contributed by atoms with E-state index in [2.05, 4.69) is 26.8 Å². The highest BCUT2D eigenvalue weighted by atomic mass is 31.1. The fourth-order valence-corrected chi connectivity index (χ4v) is 3.69. The van der Waals surface area contributed by atoms with Crippen LogP contribution in [0.3, 0.4) is 0 Å². The smallest absolute Gasteiger partial charge is 0.177 e. The summed E-state index contributed by atoms with van der Waals surface area (Å²) in [5.41, 5.74) is 0.277. The summed E-state index contributed by atoms with van der Waals surface area (Å²) < 4.78 is 12.4. The summed E-state index contributed by atoms with van der Waals surface area (Å²) in [4.78, 5) is 0. The topological polar surface area (TPSA) is 18.5 Å². The molecule has 0 saturated carbocycles. The zero-order valence-electron chi connectivity index (χ0n) is 15.5. The molecule has 0 heterocycles. The Bertz CT molecular complexity index is 824. The highest BCUT2D eigenvalue weighted by Crippen LogP contribution is 2.37. The largest absolute Gasteiger partial charge is 0.453 e. The highest BCUT2D eigenvalue weighted by Gasteiger charge is 2.16. The van der Waals surface area contributed by atoms with Crippen LogP contribution in [0.1, 0.15) is 20.8 Å². The van der Waals surface area contributed by atoms with Crippen LogP contribution in [-0.4, -0.2) is 6.16 Å². The van der Waals surface area contributed by atoms with Crippen molar-refractivity contribution in [1.29, 1.82) is 0 Å². The molecule has 0 radical (unpaired) electrons. The van der Waals surface area contributed by atoms with Crippen LogP contribution >= 0.6 is 8.58 Å². The summed E-state index contributed by atoms with van der Waals surface area (Å²) in [6, 6.07) is 25.9. The van der Waals surface area contributed by atoms with Gasteiger partial charge in [0.25, 0.3) is 0 Å². The standard InChI is InChI=1S/C23H25O2P/c1-23(2,3)17-26-21-16-10-15-20(24-18-11-6-4-7-12-18)22(21)25-19-13-8-5-9-14-19/h4-16,26H,17H2,1-3H3. The van der Waals surface area contributed by atoms with E-state index in [1.165, 1.54) is 5.30 Å². The SMILES string of the molecule is CC(C)(C)CPc1cccc(Oc2ccccc2)c1Oc1ccccc1. The molecule has 0 amide bonds. The third-order valence-electron chi connectivity index (χ3n) is 3.72. The van der Waals surface area contributed by atoms with Crippen molar-refractivity contribution < 1.29 is 9.47 Å². The van der Waals surface area contributed by atoms with Gasteiger partial charge in [0, 0.05) is 5.30 Å². The Morgan fingerprint density at radius 2 is 1.27 bits per heavy atom. The molecule has 3 heteroatoms. The van der Waals surface area contributed by atoms with Crippen molar-refractivity contribution in [2.45, 2.75) is 20.8 Å². The molecule has 3 aromatic carbocycles. The first-order valence-electron chi connectivity index (χ1n) is 8.84. The van der Waals surface area contributed by atoms with Gasteiger partial charge in [-0.1, -0.05) is 77.9 Å². The maximum atomic E-state index is 6.26. The zero-order chi connectivity index (χ0) is 18.4. The lowest BCUT2D eigenvalue weighted by Crippen LogP contribution is -2.11. The summed E-state index contributed by atoms with van der Waals surface area (Å²) >= 11 is 0. The summed E-state index contributed by atoms with van der Waals surface area (Å²) in [5.74, 6) is 3.18. The normalized spacial score (nSPS) is 11.7. The van der Waals surface area contributed by atoms with Gasteiger partial charge in [-0.25, -0.2) is 0 Å². The highest BCUT2D eigenvalue weighted by molar-refractivity contribution is 7.47. The Morgan fingerprint density at radius 1 is 0.692 bits per heavy atom. The van der Waals surface area contributed by atoms with Gasteiger partial charge in [-0.3, -0.25) is 0 Å². The van der Waals surface area contributed by atoms with Crippen LogP contribution in [0.4, 0.5) is 0 Å². The third kappa shape index (κ3) is 5.34. The Balaban J connectivity index is 1.94. The van der Waals surface area contributed by atoms with E-state index in [9.17, 15) is 0 Å². The number of benzene rings is 3. The molecule has 1 unspecified atom stereocenters. The van der Waals surface area contributed by atoms with Crippen molar-refractivity contribution in [1.82, 2.24) is 0 Å². The van der Waals surface area contributed by atoms with Gasteiger partial charge >= 0.3 is 0 Å². The lowest BCUT2D eigenvalue weighted by Gasteiger charge is -2.20. The molecule has 0 saturated heterocycles. The van der Waals surface area contributed by atoms with Gasteiger partial charge in [-0.15, -0.1) is 0 Å². The molecule has 0 bridgehead atoms. The quantitative estimate of drug-likeness (QED) is 0.458. The van der Waals surface area contributed by atoms with Crippen molar-refractivity contribution >= 4 is 13.9 Å². The van der Waals surface area contributed by atoms with Crippen molar-refractivity contribution in [3.63, 3.8) is 0 Å². The van der Waals surface area contributed by atoms with Crippen LogP contribution in [0.25, 0.3) is 0 Å². The van der Waals surface area contributed by atoms with E-state index in [4.69, 9.17) is 9.47 Å². The van der Waals surface area contributed by atoms with E-state index < -0.39 is 0 Å². The minimum absolute atomic E-state index is 0.277. The Hall–Kier alpha value is -2.31. The molecule has 1 atom stereocenters. The molecular formula is C23H25O2P. The molecule has 0 spiro atoms. The molecule has 2 nitrogen and oxygen atoms in total. The minimum atomic E-state index is 0.277. The van der Waals surface area contributed by atoms with Crippen LogP contribution < -0.4 is 14.8 Å². The molecule has 0 fully saturated rings. The molecule has 0 aliphatic rings. The average Bonchev–Trinajstić information content (AvgIpc) is 2.63.